The third-order valence-corrected chi connectivity index (χ3v) is 5.10. The Hall–Kier alpha value is -1.32. The highest BCUT2D eigenvalue weighted by molar-refractivity contribution is 7.89. The first-order valence-corrected chi connectivity index (χ1v) is 7.58. The molecule has 1 heterocycles. The van der Waals surface area contributed by atoms with Gasteiger partial charge in [0, 0.05) is 13.1 Å². The zero-order valence-corrected chi connectivity index (χ0v) is 11.9. The second-order valence-corrected chi connectivity index (χ2v) is 6.81. The number of rotatable bonds is 4. The molecule has 1 aromatic carbocycles. The molecule has 0 unspecified atom stereocenters. The van der Waals surface area contributed by atoms with E-state index in [0.29, 0.717) is 6.42 Å². The second-order valence-electron chi connectivity index (χ2n) is 4.87. The Morgan fingerprint density at radius 2 is 1.81 bits per heavy atom. The molecule has 0 amide bonds. The highest BCUT2D eigenvalue weighted by atomic mass is 32.2. The van der Waals surface area contributed by atoms with Gasteiger partial charge in [-0.3, -0.25) is 0 Å². The molecule has 0 aromatic heterocycles. The number of halogens is 3. The van der Waals surface area contributed by atoms with Gasteiger partial charge in [-0.15, -0.1) is 13.2 Å². The Balaban J connectivity index is 2.12. The van der Waals surface area contributed by atoms with Crippen LogP contribution in [0.3, 0.4) is 0 Å². The van der Waals surface area contributed by atoms with Crippen molar-refractivity contribution in [1.29, 1.82) is 0 Å². The Bertz CT molecular complexity index is 606. The number of benzene rings is 1. The maximum atomic E-state index is 12.2. The lowest BCUT2D eigenvalue weighted by Crippen LogP contribution is -2.62. The number of nitrogens with zero attached hydrogens (tertiary/aromatic N) is 1. The molecule has 0 spiro atoms. The minimum Gasteiger partial charge on any atom is -0.406 e. The SMILES string of the molecule is CCC1(O)CN(S(=O)(=O)c2ccc(OC(F)(F)F)cc2)C1. The summed E-state index contributed by atoms with van der Waals surface area (Å²) in [4.78, 5) is -0.143. The molecule has 1 saturated heterocycles. The van der Waals surface area contributed by atoms with Gasteiger partial charge in [0.2, 0.25) is 10.0 Å². The summed E-state index contributed by atoms with van der Waals surface area (Å²) in [7, 11) is -3.81. The fourth-order valence-electron chi connectivity index (χ4n) is 1.97. The molecule has 1 N–H and O–H groups in total. The summed E-state index contributed by atoms with van der Waals surface area (Å²) in [5.74, 6) is -0.491. The van der Waals surface area contributed by atoms with Crippen LogP contribution in [-0.2, 0) is 10.0 Å². The van der Waals surface area contributed by atoms with E-state index in [1.165, 1.54) is 0 Å². The molecule has 2 rings (SSSR count). The predicted octanol–water partition coefficient (Wildman–Crippen LogP) is 1.73. The number of alkyl halides is 3. The zero-order chi connectivity index (χ0) is 15.9. The first kappa shape index (κ1) is 16.1. The summed E-state index contributed by atoms with van der Waals surface area (Å²) in [5, 5.41) is 9.82. The first-order chi connectivity index (χ1) is 9.56. The van der Waals surface area contributed by atoms with Crippen LogP contribution in [0.25, 0.3) is 0 Å². The van der Waals surface area contributed by atoms with Gasteiger partial charge in [-0.2, -0.15) is 4.31 Å². The topological polar surface area (TPSA) is 66.8 Å². The summed E-state index contributed by atoms with van der Waals surface area (Å²) in [6.45, 7) is 1.70. The van der Waals surface area contributed by atoms with Crippen LogP contribution in [-0.4, -0.2) is 42.9 Å². The molecule has 5 nitrogen and oxygen atoms in total. The van der Waals surface area contributed by atoms with E-state index in [-0.39, 0.29) is 18.0 Å². The van der Waals surface area contributed by atoms with Crippen molar-refractivity contribution in [2.75, 3.05) is 13.1 Å². The van der Waals surface area contributed by atoms with E-state index in [2.05, 4.69) is 4.74 Å². The maximum absolute atomic E-state index is 12.2. The van der Waals surface area contributed by atoms with Gasteiger partial charge >= 0.3 is 6.36 Å². The van der Waals surface area contributed by atoms with Gasteiger partial charge in [-0.05, 0) is 30.7 Å². The summed E-state index contributed by atoms with van der Waals surface area (Å²) in [5.41, 5.74) is -1.02. The van der Waals surface area contributed by atoms with Gasteiger partial charge in [0.25, 0.3) is 0 Å². The highest BCUT2D eigenvalue weighted by Gasteiger charge is 2.46. The molecule has 0 aliphatic carbocycles. The fraction of sp³-hybridized carbons (Fsp3) is 0.500. The second kappa shape index (κ2) is 5.15. The van der Waals surface area contributed by atoms with E-state index in [1.807, 2.05) is 0 Å². The van der Waals surface area contributed by atoms with Crippen molar-refractivity contribution in [3.05, 3.63) is 24.3 Å². The minimum atomic E-state index is -4.82. The lowest BCUT2D eigenvalue weighted by Gasteiger charge is -2.44. The smallest absolute Gasteiger partial charge is 0.406 e. The fourth-order valence-corrected chi connectivity index (χ4v) is 3.56. The standard InChI is InChI=1S/C12H14F3NO4S/c1-2-11(17)7-16(8-11)21(18,19)10-5-3-9(4-6-10)20-12(13,14)15/h3-6,17H,2,7-8H2,1H3. The van der Waals surface area contributed by atoms with Crippen LogP contribution < -0.4 is 4.74 Å². The molecular formula is C12H14F3NO4S. The summed E-state index contributed by atoms with van der Waals surface area (Å²) >= 11 is 0. The quantitative estimate of drug-likeness (QED) is 0.915. The van der Waals surface area contributed by atoms with E-state index in [0.717, 1.165) is 28.6 Å². The number of ether oxygens (including phenoxy) is 1. The monoisotopic (exact) mass is 325 g/mol. The number of sulfonamides is 1. The van der Waals surface area contributed by atoms with Gasteiger partial charge in [0.15, 0.2) is 0 Å². The molecule has 1 aromatic rings. The Morgan fingerprint density at radius 1 is 1.29 bits per heavy atom. The normalized spacial score (nSPS) is 19.1. The molecule has 1 fully saturated rings. The largest absolute Gasteiger partial charge is 0.573 e. The van der Waals surface area contributed by atoms with Crippen LogP contribution in [0.15, 0.2) is 29.2 Å². The van der Waals surface area contributed by atoms with Gasteiger partial charge in [0.1, 0.15) is 5.75 Å². The van der Waals surface area contributed by atoms with Crippen LogP contribution in [0.5, 0.6) is 5.75 Å². The summed E-state index contributed by atoms with van der Waals surface area (Å²) < 4.78 is 65.1. The minimum absolute atomic E-state index is 0.0212. The third kappa shape index (κ3) is 3.47. The van der Waals surface area contributed by atoms with Crippen LogP contribution in [0.1, 0.15) is 13.3 Å². The summed E-state index contributed by atoms with van der Waals surface area (Å²) in [6, 6.07) is 3.96. The molecule has 21 heavy (non-hydrogen) atoms. The number of hydrogen-bond donors (Lipinski definition) is 1. The third-order valence-electron chi connectivity index (χ3n) is 3.29. The molecule has 0 atom stereocenters. The van der Waals surface area contributed by atoms with Crippen molar-refractivity contribution in [1.82, 2.24) is 4.31 Å². The van der Waals surface area contributed by atoms with Crippen LogP contribution in [0, 0.1) is 0 Å². The molecule has 9 heteroatoms. The van der Waals surface area contributed by atoms with Crippen LogP contribution >= 0.6 is 0 Å². The average Bonchev–Trinajstić information content (AvgIpc) is 2.33. The van der Waals surface area contributed by atoms with Crippen molar-refractivity contribution < 1.29 is 31.4 Å². The van der Waals surface area contributed by atoms with E-state index in [4.69, 9.17) is 0 Å². The molecule has 0 radical (unpaired) electrons. The number of aliphatic hydroxyl groups is 1. The zero-order valence-electron chi connectivity index (χ0n) is 11.1. The Kier molecular flexibility index (Phi) is 3.94. The molecule has 118 valence electrons. The van der Waals surface area contributed by atoms with Gasteiger partial charge in [0.05, 0.1) is 10.5 Å². The lowest BCUT2D eigenvalue weighted by atomic mass is 9.94. The molecule has 1 aliphatic rings. The van der Waals surface area contributed by atoms with E-state index in [9.17, 15) is 26.7 Å². The molecule has 0 bridgehead atoms. The molecule has 1 aliphatic heterocycles. The van der Waals surface area contributed by atoms with Gasteiger partial charge < -0.3 is 9.84 Å². The molecule has 0 saturated carbocycles. The van der Waals surface area contributed by atoms with Crippen LogP contribution in [0.2, 0.25) is 0 Å². The summed E-state index contributed by atoms with van der Waals surface area (Å²) in [6.07, 6.45) is -4.40. The van der Waals surface area contributed by atoms with E-state index >= 15 is 0 Å². The van der Waals surface area contributed by atoms with E-state index in [1.54, 1.807) is 6.92 Å². The molecular weight excluding hydrogens is 311 g/mol. The number of hydrogen-bond acceptors (Lipinski definition) is 4. The number of β-amino-alcohol motifs (C(OH)–C–C–N with tert-alkyl or cyclic N) is 1. The Morgan fingerprint density at radius 3 is 2.24 bits per heavy atom. The van der Waals surface area contributed by atoms with Gasteiger partial charge in [-0.1, -0.05) is 6.92 Å². The Labute approximate surface area is 120 Å². The van der Waals surface area contributed by atoms with Crippen molar-refractivity contribution in [2.24, 2.45) is 0 Å². The van der Waals surface area contributed by atoms with Crippen molar-refractivity contribution in [3.8, 4) is 5.75 Å². The average molecular weight is 325 g/mol. The van der Waals surface area contributed by atoms with Crippen molar-refractivity contribution in [2.45, 2.75) is 30.2 Å². The maximum Gasteiger partial charge on any atom is 0.573 e. The van der Waals surface area contributed by atoms with E-state index < -0.39 is 27.7 Å². The van der Waals surface area contributed by atoms with Crippen molar-refractivity contribution >= 4 is 10.0 Å². The lowest BCUT2D eigenvalue weighted by molar-refractivity contribution is -0.274. The van der Waals surface area contributed by atoms with Crippen molar-refractivity contribution in [3.63, 3.8) is 0 Å². The van der Waals surface area contributed by atoms with Gasteiger partial charge in [-0.25, -0.2) is 8.42 Å². The predicted molar refractivity (Wildman–Crippen MR) is 67.1 cm³/mol. The first-order valence-electron chi connectivity index (χ1n) is 6.14. The highest BCUT2D eigenvalue weighted by Crippen LogP contribution is 2.31. The van der Waals surface area contributed by atoms with Crippen LogP contribution in [0.4, 0.5) is 13.2 Å².